The fourth-order valence-corrected chi connectivity index (χ4v) is 5.21. The van der Waals surface area contributed by atoms with Crippen molar-refractivity contribution in [2.75, 3.05) is 0 Å². The summed E-state index contributed by atoms with van der Waals surface area (Å²) in [5.74, 6) is 1.51. The van der Waals surface area contributed by atoms with Crippen molar-refractivity contribution in [2.45, 2.75) is 56.4 Å². The van der Waals surface area contributed by atoms with Gasteiger partial charge in [0.2, 0.25) is 0 Å². The zero-order valence-electron chi connectivity index (χ0n) is 18.6. The van der Waals surface area contributed by atoms with Gasteiger partial charge in [-0.3, -0.25) is 0 Å². The lowest BCUT2D eigenvalue weighted by atomic mass is 9.72. The van der Waals surface area contributed by atoms with Crippen LogP contribution in [0.3, 0.4) is 0 Å². The second-order valence-electron chi connectivity index (χ2n) is 9.07. The van der Waals surface area contributed by atoms with Gasteiger partial charge in [-0.25, -0.2) is 4.79 Å². The highest BCUT2D eigenvalue weighted by atomic mass is 16.6. The van der Waals surface area contributed by atoms with Gasteiger partial charge in [0.15, 0.2) is 0 Å². The maximum Gasteiger partial charge on any atom is 0.410 e. The Kier molecular flexibility index (Phi) is 6.05. The van der Waals surface area contributed by atoms with Crippen LogP contribution in [-0.2, 0) is 16.9 Å². The Bertz CT molecular complexity index is 1050. The molecule has 2 aliphatic rings. The average molecular weight is 444 g/mol. The maximum absolute atomic E-state index is 13.0. The molecule has 0 radical (unpaired) electrons. The van der Waals surface area contributed by atoms with Crippen molar-refractivity contribution in [1.29, 1.82) is 0 Å². The molecule has 2 unspecified atom stereocenters. The lowest BCUT2D eigenvalue weighted by Gasteiger charge is -2.51. The van der Waals surface area contributed by atoms with Gasteiger partial charge in [0.1, 0.15) is 18.1 Å². The highest BCUT2D eigenvalue weighted by Gasteiger charge is 2.48. The molecule has 0 spiro atoms. The summed E-state index contributed by atoms with van der Waals surface area (Å²) in [6, 6.07) is 27.0. The first-order chi connectivity index (χ1) is 16.1. The standard InChI is InChI=1S/C28H29NO4/c30-27(32-20-21-8-3-1-4-9-21)29-23-10-7-11-24(29)19-28(31,18-23)22-14-16-26(17-15-22)33-25-12-5-2-6-13-25/h1-6,8-9,12-17,23-24,31H,7,10-11,18-20H2. The van der Waals surface area contributed by atoms with E-state index in [9.17, 15) is 9.90 Å². The molecule has 33 heavy (non-hydrogen) atoms. The average Bonchev–Trinajstić information content (AvgIpc) is 2.84. The van der Waals surface area contributed by atoms with E-state index in [4.69, 9.17) is 9.47 Å². The number of para-hydroxylation sites is 1. The maximum atomic E-state index is 13.0. The molecule has 1 N–H and O–H groups in total. The molecule has 0 saturated carbocycles. The molecule has 0 aliphatic carbocycles. The third-order valence-corrected chi connectivity index (χ3v) is 6.79. The number of ether oxygens (including phenoxy) is 2. The van der Waals surface area contributed by atoms with E-state index in [0.29, 0.717) is 12.8 Å². The number of nitrogens with zero attached hydrogens (tertiary/aromatic N) is 1. The SMILES string of the molecule is O=C(OCc1ccccc1)N1C2CCCC1CC(O)(c1ccc(Oc3ccccc3)cc1)C2. The lowest BCUT2D eigenvalue weighted by molar-refractivity contribution is -0.0896. The molecular formula is C28H29NO4. The third kappa shape index (κ3) is 4.74. The molecule has 2 bridgehead atoms. The number of carbonyl (C=O) groups is 1. The molecule has 2 fully saturated rings. The summed E-state index contributed by atoms with van der Waals surface area (Å²) in [4.78, 5) is 14.8. The van der Waals surface area contributed by atoms with Crippen molar-refractivity contribution in [3.63, 3.8) is 0 Å². The Morgan fingerprint density at radius 2 is 1.42 bits per heavy atom. The zero-order chi connectivity index (χ0) is 22.7. The minimum Gasteiger partial charge on any atom is -0.457 e. The van der Waals surface area contributed by atoms with Crippen LogP contribution in [0, 0.1) is 0 Å². The monoisotopic (exact) mass is 443 g/mol. The van der Waals surface area contributed by atoms with Gasteiger partial charge in [-0.2, -0.15) is 0 Å². The number of amides is 1. The van der Waals surface area contributed by atoms with Crippen molar-refractivity contribution in [3.8, 4) is 11.5 Å². The summed E-state index contributed by atoms with van der Waals surface area (Å²) < 4.78 is 11.5. The van der Waals surface area contributed by atoms with Gasteiger partial charge in [0.25, 0.3) is 0 Å². The van der Waals surface area contributed by atoms with Gasteiger partial charge in [-0.05, 0) is 54.7 Å². The highest BCUT2D eigenvalue weighted by Crippen LogP contribution is 2.45. The Morgan fingerprint density at radius 1 is 0.848 bits per heavy atom. The van der Waals surface area contributed by atoms with Crippen molar-refractivity contribution in [3.05, 3.63) is 96.1 Å². The highest BCUT2D eigenvalue weighted by molar-refractivity contribution is 5.69. The minimum absolute atomic E-state index is 0.0222. The molecule has 2 saturated heterocycles. The Balaban J connectivity index is 1.27. The second-order valence-corrected chi connectivity index (χ2v) is 9.07. The fourth-order valence-electron chi connectivity index (χ4n) is 5.21. The van der Waals surface area contributed by atoms with E-state index in [-0.39, 0.29) is 24.8 Å². The number of aliphatic hydroxyl groups is 1. The van der Waals surface area contributed by atoms with Crippen LogP contribution in [0.5, 0.6) is 11.5 Å². The molecule has 2 heterocycles. The van der Waals surface area contributed by atoms with Gasteiger partial charge in [-0.15, -0.1) is 0 Å². The number of hydrogen-bond acceptors (Lipinski definition) is 4. The first-order valence-corrected chi connectivity index (χ1v) is 11.7. The Morgan fingerprint density at radius 3 is 2.06 bits per heavy atom. The summed E-state index contributed by atoms with van der Waals surface area (Å²) in [6.45, 7) is 0.267. The largest absolute Gasteiger partial charge is 0.457 e. The molecule has 2 aliphatic heterocycles. The first-order valence-electron chi connectivity index (χ1n) is 11.7. The molecular weight excluding hydrogens is 414 g/mol. The molecule has 5 rings (SSSR count). The van der Waals surface area contributed by atoms with E-state index >= 15 is 0 Å². The van der Waals surface area contributed by atoms with Crippen LogP contribution in [0.2, 0.25) is 0 Å². The molecule has 5 nitrogen and oxygen atoms in total. The smallest absolute Gasteiger partial charge is 0.410 e. The van der Waals surface area contributed by atoms with Gasteiger partial charge in [0, 0.05) is 24.9 Å². The van der Waals surface area contributed by atoms with E-state index in [1.54, 1.807) is 0 Å². The predicted molar refractivity (Wildman–Crippen MR) is 126 cm³/mol. The summed E-state index contributed by atoms with van der Waals surface area (Å²) >= 11 is 0. The molecule has 1 amide bonds. The fraction of sp³-hybridized carbons (Fsp3) is 0.321. The summed E-state index contributed by atoms with van der Waals surface area (Å²) in [7, 11) is 0. The molecule has 5 heteroatoms. The zero-order valence-corrected chi connectivity index (χ0v) is 18.6. The minimum atomic E-state index is -0.961. The molecule has 170 valence electrons. The normalized spacial score (nSPS) is 24.2. The first kappa shape index (κ1) is 21.5. The molecule has 0 aromatic heterocycles. The van der Waals surface area contributed by atoms with Crippen molar-refractivity contribution in [1.82, 2.24) is 4.90 Å². The van der Waals surface area contributed by atoms with Gasteiger partial charge in [-0.1, -0.05) is 60.7 Å². The molecule has 2 atom stereocenters. The predicted octanol–water partition coefficient (Wildman–Crippen LogP) is 6.02. The topological polar surface area (TPSA) is 59.0 Å². The van der Waals surface area contributed by atoms with Crippen LogP contribution in [0.25, 0.3) is 0 Å². The van der Waals surface area contributed by atoms with Gasteiger partial charge >= 0.3 is 6.09 Å². The van der Waals surface area contributed by atoms with Crippen LogP contribution in [-0.4, -0.2) is 28.2 Å². The number of carbonyl (C=O) groups excluding carboxylic acids is 1. The van der Waals surface area contributed by atoms with Crippen LogP contribution in [0.1, 0.15) is 43.2 Å². The Labute approximate surface area is 194 Å². The van der Waals surface area contributed by atoms with Crippen LogP contribution in [0.15, 0.2) is 84.9 Å². The number of piperidine rings is 2. The number of rotatable bonds is 5. The summed E-state index contributed by atoms with van der Waals surface area (Å²) in [6.07, 6.45) is 3.59. The number of hydrogen-bond donors (Lipinski definition) is 1. The van der Waals surface area contributed by atoms with Crippen LogP contribution < -0.4 is 4.74 Å². The van der Waals surface area contributed by atoms with Crippen molar-refractivity contribution < 1.29 is 19.4 Å². The van der Waals surface area contributed by atoms with Crippen molar-refractivity contribution in [2.24, 2.45) is 0 Å². The van der Waals surface area contributed by atoms with Gasteiger partial charge in [0.05, 0.1) is 5.60 Å². The second kappa shape index (κ2) is 9.28. The van der Waals surface area contributed by atoms with Gasteiger partial charge < -0.3 is 19.5 Å². The van der Waals surface area contributed by atoms with E-state index in [0.717, 1.165) is 41.9 Å². The third-order valence-electron chi connectivity index (χ3n) is 6.79. The van der Waals surface area contributed by atoms with Crippen LogP contribution >= 0.6 is 0 Å². The van der Waals surface area contributed by atoms with E-state index in [1.807, 2.05) is 89.8 Å². The molecule has 3 aromatic rings. The van der Waals surface area contributed by atoms with E-state index < -0.39 is 5.60 Å². The van der Waals surface area contributed by atoms with Crippen LogP contribution in [0.4, 0.5) is 4.79 Å². The number of fused-ring (bicyclic) bond motifs is 2. The van der Waals surface area contributed by atoms with Crippen molar-refractivity contribution >= 4 is 6.09 Å². The van der Waals surface area contributed by atoms with E-state index in [1.165, 1.54) is 0 Å². The number of benzene rings is 3. The Hall–Kier alpha value is -3.31. The van der Waals surface area contributed by atoms with E-state index in [2.05, 4.69) is 0 Å². The quantitative estimate of drug-likeness (QED) is 0.524. The summed E-state index contributed by atoms with van der Waals surface area (Å²) in [5.41, 5.74) is 0.886. The lowest BCUT2D eigenvalue weighted by Crippen LogP contribution is -2.58. The summed E-state index contributed by atoms with van der Waals surface area (Å²) in [5, 5.41) is 11.6. The molecule has 3 aromatic carbocycles.